The van der Waals surface area contributed by atoms with Gasteiger partial charge in [0.15, 0.2) is 11.4 Å². The van der Waals surface area contributed by atoms with Gasteiger partial charge in [-0.3, -0.25) is 4.68 Å². The maximum Gasteiger partial charge on any atom is 0.331 e. The smallest absolute Gasteiger partial charge is 0.331 e. The Hall–Kier alpha value is -1.39. The maximum atomic E-state index is 12.4. The lowest BCUT2D eigenvalue weighted by Crippen LogP contribution is -2.35. The molecule has 12 heavy (non-hydrogen) atoms. The van der Waals surface area contributed by atoms with Crippen LogP contribution in [0.15, 0.2) is 12.4 Å². The lowest BCUT2D eigenvalue weighted by Gasteiger charge is -2.18. The summed E-state index contributed by atoms with van der Waals surface area (Å²) >= 11 is 0. The Morgan fingerprint density at radius 3 is 2.67 bits per heavy atom. The van der Waals surface area contributed by atoms with Gasteiger partial charge in [0.25, 0.3) is 0 Å². The van der Waals surface area contributed by atoms with Crippen molar-refractivity contribution >= 4 is 5.97 Å². The number of aromatic nitrogens is 2. The summed E-state index contributed by atoms with van der Waals surface area (Å²) in [6.07, 6.45) is 2.03. The van der Waals surface area contributed by atoms with Gasteiger partial charge in [-0.1, -0.05) is 0 Å². The molecule has 1 heterocycles. The van der Waals surface area contributed by atoms with Crippen molar-refractivity contribution in [2.45, 2.75) is 19.4 Å². The maximum absolute atomic E-state index is 12.4. The molecule has 66 valence electrons. The molecule has 0 bridgehead atoms. The predicted octanol–water partition coefficient (Wildman–Crippen LogP) is 0.842. The summed E-state index contributed by atoms with van der Waals surface area (Å²) in [4.78, 5) is 10.6. The molecule has 1 N–H and O–H groups in total. The second kappa shape index (κ2) is 2.58. The van der Waals surface area contributed by atoms with Crippen LogP contribution in [0, 0.1) is 5.82 Å². The van der Waals surface area contributed by atoms with Gasteiger partial charge in [-0.25, -0.2) is 9.18 Å². The van der Waals surface area contributed by atoms with E-state index in [0.717, 1.165) is 17.1 Å². The zero-order valence-corrected chi connectivity index (χ0v) is 6.78. The van der Waals surface area contributed by atoms with Gasteiger partial charge in [0.1, 0.15) is 0 Å². The summed E-state index contributed by atoms with van der Waals surface area (Å²) in [5.41, 5.74) is -1.20. The van der Waals surface area contributed by atoms with E-state index in [1.807, 2.05) is 0 Å². The number of nitrogens with zero attached hydrogens (tertiary/aromatic N) is 2. The predicted molar refractivity (Wildman–Crippen MR) is 39.1 cm³/mol. The molecule has 0 aliphatic heterocycles. The number of aliphatic carboxylic acids is 1. The third-order valence-electron chi connectivity index (χ3n) is 1.65. The Morgan fingerprint density at radius 2 is 2.33 bits per heavy atom. The molecule has 0 atom stereocenters. The normalized spacial score (nSPS) is 11.6. The van der Waals surface area contributed by atoms with Crippen LogP contribution in [-0.2, 0) is 10.3 Å². The van der Waals surface area contributed by atoms with Gasteiger partial charge in [0.2, 0.25) is 0 Å². The molecule has 0 aliphatic rings. The second-order valence-electron chi connectivity index (χ2n) is 2.97. The van der Waals surface area contributed by atoms with Gasteiger partial charge < -0.3 is 5.11 Å². The van der Waals surface area contributed by atoms with Crippen LogP contribution in [0.5, 0.6) is 0 Å². The monoisotopic (exact) mass is 172 g/mol. The highest BCUT2D eigenvalue weighted by Gasteiger charge is 2.30. The van der Waals surface area contributed by atoms with Crippen LogP contribution in [0.1, 0.15) is 13.8 Å². The van der Waals surface area contributed by atoms with Crippen molar-refractivity contribution in [3.8, 4) is 0 Å². The van der Waals surface area contributed by atoms with Crippen LogP contribution in [-0.4, -0.2) is 20.9 Å². The minimum absolute atomic E-state index is 0.538. The highest BCUT2D eigenvalue weighted by atomic mass is 19.1. The fourth-order valence-electron chi connectivity index (χ4n) is 0.705. The fourth-order valence-corrected chi connectivity index (χ4v) is 0.705. The first-order valence-corrected chi connectivity index (χ1v) is 3.38. The number of rotatable bonds is 2. The molecule has 4 nitrogen and oxygen atoms in total. The van der Waals surface area contributed by atoms with Gasteiger partial charge in [-0.15, -0.1) is 0 Å². The lowest BCUT2D eigenvalue weighted by molar-refractivity contribution is -0.146. The van der Waals surface area contributed by atoms with Crippen molar-refractivity contribution in [3.05, 3.63) is 18.2 Å². The van der Waals surface area contributed by atoms with Crippen molar-refractivity contribution in [3.63, 3.8) is 0 Å². The summed E-state index contributed by atoms with van der Waals surface area (Å²) in [7, 11) is 0. The summed E-state index contributed by atoms with van der Waals surface area (Å²) in [5, 5.41) is 12.3. The van der Waals surface area contributed by atoms with Crippen molar-refractivity contribution in [2.75, 3.05) is 0 Å². The highest BCUT2D eigenvalue weighted by molar-refractivity contribution is 5.75. The Bertz CT molecular complexity index is 306. The minimum atomic E-state index is -1.20. The SMILES string of the molecule is CC(C)(C(=O)O)n1cc(F)cn1. The lowest BCUT2D eigenvalue weighted by atomic mass is 10.1. The molecule has 0 aromatic carbocycles. The van der Waals surface area contributed by atoms with E-state index in [-0.39, 0.29) is 0 Å². The van der Waals surface area contributed by atoms with Crippen molar-refractivity contribution in [2.24, 2.45) is 0 Å². The van der Waals surface area contributed by atoms with Crippen LogP contribution in [0.2, 0.25) is 0 Å². The van der Waals surface area contributed by atoms with Gasteiger partial charge in [-0.2, -0.15) is 5.10 Å². The van der Waals surface area contributed by atoms with Crippen molar-refractivity contribution < 1.29 is 14.3 Å². The fraction of sp³-hybridized carbons (Fsp3) is 0.429. The van der Waals surface area contributed by atoms with Crippen LogP contribution >= 0.6 is 0 Å². The summed E-state index contributed by atoms with van der Waals surface area (Å²) < 4.78 is 13.5. The van der Waals surface area contributed by atoms with Gasteiger partial charge in [0, 0.05) is 0 Å². The first-order valence-electron chi connectivity index (χ1n) is 3.38. The molecule has 0 unspecified atom stereocenters. The number of halogens is 1. The molecule has 0 radical (unpaired) electrons. The van der Waals surface area contributed by atoms with Gasteiger partial charge >= 0.3 is 5.97 Å². The number of hydrogen-bond acceptors (Lipinski definition) is 2. The molecule has 1 aromatic rings. The molecular weight excluding hydrogens is 163 g/mol. The Kier molecular flexibility index (Phi) is 1.87. The van der Waals surface area contributed by atoms with Crippen LogP contribution in [0.4, 0.5) is 4.39 Å². The zero-order valence-electron chi connectivity index (χ0n) is 6.78. The molecular formula is C7H9FN2O2. The largest absolute Gasteiger partial charge is 0.479 e. The minimum Gasteiger partial charge on any atom is -0.479 e. The third-order valence-corrected chi connectivity index (χ3v) is 1.65. The molecule has 0 amide bonds. The summed E-state index contributed by atoms with van der Waals surface area (Å²) in [6.45, 7) is 2.89. The average molecular weight is 172 g/mol. The molecule has 5 heteroatoms. The first kappa shape index (κ1) is 8.70. The number of carbonyl (C=O) groups is 1. The molecule has 0 aliphatic carbocycles. The average Bonchev–Trinajstić information content (AvgIpc) is 2.35. The van der Waals surface area contributed by atoms with Gasteiger partial charge in [0.05, 0.1) is 12.4 Å². The standard InChI is InChI=1S/C7H9FN2O2/c1-7(2,6(11)12)10-4-5(8)3-9-10/h3-4H,1-2H3,(H,11,12). The Labute approximate surface area is 68.6 Å². The van der Waals surface area contributed by atoms with E-state index in [1.165, 1.54) is 13.8 Å². The highest BCUT2D eigenvalue weighted by Crippen LogP contribution is 2.14. The van der Waals surface area contributed by atoms with E-state index in [0.29, 0.717) is 0 Å². The summed E-state index contributed by atoms with van der Waals surface area (Å²) in [6, 6.07) is 0. The van der Waals surface area contributed by atoms with Crippen LogP contribution in [0.3, 0.4) is 0 Å². The van der Waals surface area contributed by atoms with E-state index >= 15 is 0 Å². The van der Waals surface area contributed by atoms with E-state index < -0.39 is 17.3 Å². The zero-order chi connectivity index (χ0) is 9.35. The Morgan fingerprint density at radius 1 is 1.75 bits per heavy atom. The van der Waals surface area contributed by atoms with Gasteiger partial charge in [-0.05, 0) is 13.8 Å². The van der Waals surface area contributed by atoms with E-state index in [4.69, 9.17) is 5.11 Å². The van der Waals surface area contributed by atoms with Crippen molar-refractivity contribution in [1.29, 1.82) is 0 Å². The molecule has 1 rings (SSSR count). The quantitative estimate of drug-likeness (QED) is 0.719. The van der Waals surface area contributed by atoms with Crippen LogP contribution in [0.25, 0.3) is 0 Å². The van der Waals surface area contributed by atoms with Crippen LogP contribution < -0.4 is 0 Å². The van der Waals surface area contributed by atoms with E-state index in [9.17, 15) is 9.18 Å². The number of hydrogen-bond donors (Lipinski definition) is 1. The first-order chi connectivity index (χ1) is 5.44. The number of carboxylic acid groups (broad SMARTS) is 1. The number of carboxylic acids is 1. The van der Waals surface area contributed by atoms with E-state index in [1.54, 1.807) is 0 Å². The van der Waals surface area contributed by atoms with Crippen molar-refractivity contribution in [1.82, 2.24) is 9.78 Å². The molecule has 0 saturated carbocycles. The Balaban J connectivity index is 3.05. The molecule has 0 saturated heterocycles. The second-order valence-corrected chi connectivity index (χ2v) is 2.97. The molecule has 1 aromatic heterocycles. The molecule has 0 fully saturated rings. The summed E-state index contributed by atoms with van der Waals surface area (Å²) in [5.74, 6) is -1.59. The topological polar surface area (TPSA) is 55.1 Å². The third kappa shape index (κ3) is 1.30. The van der Waals surface area contributed by atoms with E-state index in [2.05, 4.69) is 5.10 Å². The molecule has 0 spiro atoms.